The van der Waals surface area contributed by atoms with Gasteiger partial charge in [0.15, 0.2) is 5.78 Å². The van der Waals surface area contributed by atoms with Crippen molar-refractivity contribution < 1.29 is 14.3 Å². The van der Waals surface area contributed by atoms with Crippen molar-refractivity contribution >= 4 is 33.3 Å². The van der Waals surface area contributed by atoms with Crippen molar-refractivity contribution in [2.75, 3.05) is 12.4 Å². The van der Waals surface area contributed by atoms with Crippen LogP contribution in [0.5, 0.6) is 5.75 Å². The second-order valence-corrected chi connectivity index (χ2v) is 5.98. The predicted octanol–water partition coefficient (Wildman–Crippen LogP) is 4.45. The number of amides is 1. The van der Waals surface area contributed by atoms with E-state index in [-0.39, 0.29) is 11.7 Å². The van der Waals surface area contributed by atoms with Crippen molar-refractivity contribution in [1.29, 1.82) is 0 Å². The van der Waals surface area contributed by atoms with Crippen LogP contribution in [0.3, 0.4) is 0 Å². The maximum Gasteiger partial charge on any atom is 0.224 e. The van der Waals surface area contributed by atoms with Crippen LogP contribution in [0.25, 0.3) is 0 Å². The number of methoxy groups -OCH3 is 1. The normalized spacial score (nSPS) is 10.2. The van der Waals surface area contributed by atoms with E-state index in [1.807, 2.05) is 24.3 Å². The van der Waals surface area contributed by atoms with Crippen LogP contribution in [-0.2, 0) is 4.79 Å². The summed E-state index contributed by atoms with van der Waals surface area (Å²) >= 11 is 3.33. The summed E-state index contributed by atoms with van der Waals surface area (Å²) in [5.41, 5.74) is 1.36. The third-order valence-electron chi connectivity index (χ3n) is 3.33. The predicted molar refractivity (Wildman–Crippen MR) is 93.9 cm³/mol. The molecule has 0 heterocycles. The lowest BCUT2D eigenvalue weighted by atomic mass is 10.1. The first-order chi connectivity index (χ1) is 11.1. The minimum atomic E-state index is -0.109. The number of rotatable bonds is 7. The maximum absolute atomic E-state index is 12.0. The van der Waals surface area contributed by atoms with Gasteiger partial charge in [0.1, 0.15) is 5.75 Å². The molecule has 23 heavy (non-hydrogen) atoms. The second-order valence-electron chi connectivity index (χ2n) is 5.06. The minimum absolute atomic E-state index is 0.0479. The molecule has 0 aliphatic rings. The zero-order chi connectivity index (χ0) is 16.7. The van der Waals surface area contributed by atoms with Crippen molar-refractivity contribution in [3.8, 4) is 5.75 Å². The zero-order valence-electron chi connectivity index (χ0n) is 12.8. The minimum Gasteiger partial charge on any atom is -0.497 e. The first kappa shape index (κ1) is 17.2. The van der Waals surface area contributed by atoms with Gasteiger partial charge in [-0.15, -0.1) is 0 Å². The first-order valence-corrected chi connectivity index (χ1v) is 8.10. The third kappa shape index (κ3) is 5.53. The van der Waals surface area contributed by atoms with E-state index in [1.165, 1.54) is 0 Å². The summed E-state index contributed by atoms with van der Waals surface area (Å²) in [6.45, 7) is 0. The molecule has 2 aromatic carbocycles. The van der Waals surface area contributed by atoms with Crippen molar-refractivity contribution in [2.45, 2.75) is 19.3 Å². The number of hydrogen-bond donors (Lipinski definition) is 1. The number of nitrogens with one attached hydrogen (secondary N) is 1. The fourth-order valence-electron chi connectivity index (χ4n) is 2.11. The number of Topliss-reactive ketones (excluding diaryl/α,β-unsaturated/α-hetero) is 1. The van der Waals surface area contributed by atoms with Gasteiger partial charge in [0, 0.05) is 34.6 Å². The summed E-state index contributed by atoms with van der Waals surface area (Å²) in [5, 5.41) is 2.80. The van der Waals surface area contributed by atoms with E-state index in [0.717, 1.165) is 4.47 Å². The molecule has 0 atom stereocenters. The molecule has 2 rings (SSSR count). The van der Waals surface area contributed by atoms with Gasteiger partial charge in [0.25, 0.3) is 0 Å². The van der Waals surface area contributed by atoms with Gasteiger partial charge in [0.05, 0.1) is 7.11 Å². The quantitative estimate of drug-likeness (QED) is 0.727. The number of hydrogen-bond acceptors (Lipinski definition) is 3. The molecule has 0 fully saturated rings. The number of halogens is 1. The molecule has 0 aliphatic heterocycles. The average Bonchev–Trinajstić information content (AvgIpc) is 2.55. The molecule has 0 bridgehead atoms. The zero-order valence-corrected chi connectivity index (χ0v) is 14.4. The first-order valence-electron chi connectivity index (χ1n) is 7.31. The molecule has 0 saturated carbocycles. The van der Waals surface area contributed by atoms with Gasteiger partial charge in [-0.3, -0.25) is 9.59 Å². The number of benzene rings is 2. The number of carbonyl (C=O) groups excluding carboxylic acids is 2. The van der Waals surface area contributed by atoms with Gasteiger partial charge >= 0.3 is 0 Å². The standard InChI is InChI=1S/C18H18BrNO3/c1-23-16-5-2-4-15(12-16)20-18(22)7-3-6-17(21)13-8-10-14(19)11-9-13/h2,4-5,8-12H,3,6-7H2,1H3,(H,20,22). The Kier molecular flexibility index (Phi) is 6.35. The number of anilines is 1. The number of ether oxygens (including phenoxy) is 1. The number of carbonyl (C=O) groups is 2. The Bertz CT molecular complexity index is 683. The molecular formula is C18H18BrNO3. The summed E-state index contributed by atoms with van der Waals surface area (Å²) in [6.07, 6.45) is 1.18. The van der Waals surface area contributed by atoms with Gasteiger partial charge in [0.2, 0.25) is 5.91 Å². The molecule has 2 aromatic rings. The molecule has 0 aliphatic carbocycles. The molecule has 0 saturated heterocycles. The highest BCUT2D eigenvalue weighted by atomic mass is 79.9. The Balaban J connectivity index is 1.78. The Morgan fingerprint density at radius 3 is 2.52 bits per heavy atom. The van der Waals surface area contributed by atoms with Crippen LogP contribution >= 0.6 is 15.9 Å². The van der Waals surface area contributed by atoms with Crippen LogP contribution in [0.2, 0.25) is 0 Å². The lowest BCUT2D eigenvalue weighted by Crippen LogP contribution is -2.12. The molecule has 0 aromatic heterocycles. The second kappa shape index (κ2) is 8.48. The van der Waals surface area contributed by atoms with E-state index in [4.69, 9.17) is 4.74 Å². The van der Waals surface area contributed by atoms with Gasteiger partial charge in [-0.1, -0.05) is 34.1 Å². The monoisotopic (exact) mass is 375 g/mol. The molecular weight excluding hydrogens is 358 g/mol. The average molecular weight is 376 g/mol. The SMILES string of the molecule is COc1cccc(NC(=O)CCCC(=O)c2ccc(Br)cc2)c1. The highest BCUT2D eigenvalue weighted by molar-refractivity contribution is 9.10. The third-order valence-corrected chi connectivity index (χ3v) is 3.86. The van der Waals surface area contributed by atoms with E-state index in [2.05, 4.69) is 21.2 Å². The van der Waals surface area contributed by atoms with E-state index in [9.17, 15) is 9.59 Å². The van der Waals surface area contributed by atoms with Crippen LogP contribution in [-0.4, -0.2) is 18.8 Å². The highest BCUT2D eigenvalue weighted by Crippen LogP contribution is 2.17. The Labute approximate surface area is 144 Å². The van der Waals surface area contributed by atoms with Crippen LogP contribution < -0.4 is 10.1 Å². The molecule has 0 unspecified atom stereocenters. The Morgan fingerprint density at radius 2 is 1.83 bits per heavy atom. The van der Waals surface area contributed by atoms with E-state index >= 15 is 0 Å². The topological polar surface area (TPSA) is 55.4 Å². The van der Waals surface area contributed by atoms with E-state index in [0.29, 0.717) is 36.3 Å². The molecule has 0 spiro atoms. The molecule has 120 valence electrons. The molecule has 1 amide bonds. The van der Waals surface area contributed by atoms with E-state index in [1.54, 1.807) is 31.4 Å². The van der Waals surface area contributed by atoms with Crippen LogP contribution in [0, 0.1) is 0 Å². The summed E-state index contributed by atoms with van der Waals surface area (Å²) in [4.78, 5) is 23.9. The molecule has 4 nitrogen and oxygen atoms in total. The lowest BCUT2D eigenvalue weighted by molar-refractivity contribution is -0.116. The summed E-state index contributed by atoms with van der Waals surface area (Å²) in [5.74, 6) is 0.627. The smallest absolute Gasteiger partial charge is 0.224 e. The van der Waals surface area contributed by atoms with Gasteiger partial charge in [-0.2, -0.15) is 0 Å². The fraction of sp³-hybridized carbons (Fsp3) is 0.222. The van der Waals surface area contributed by atoms with Crippen molar-refractivity contribution in [2.24, 2.45) is 0 Å². The van der Waals surface area contributed by atoms with Gasteiger partial charge in [-0.25, -0.2) is 0 Å². The highest BCUT2D eigenvalue weighted by Gasteiger charge is 2.08. The summed E-state index contributed by atoms with van der Waals surface area (Å²) in [6, 6.07) is 14.4. The van der Waals surface area contributed by atoms with Crippen molar-refractivity contribution in [1.82, 2.24) is 0 Å². The van der Waals surface area contributed by atoms with Crippen LogP contribution in [0.15, 0.2) is 53.0 Å². The summed E-state index contributed by atoms with van der Waals surface area (Å²) < 4.78 is 6.04. The molecule has 5 heteroatoms. The van der Waals surface area contributed by atoms with Gasteiger partial charge < -0.3 is 10.1 Å². The molecule has 0 radical (unpaired) electrons. The van der Waals surface area contributed by atoms with Crippen LogP contribution in [0.1, 0.15) is 29.6 Å². The summed E-state index contributed by atoms with van der Waals surface area (Å²) in [7, 11) is 1.58. The number of ketones is 1. The fourth-order valence-corrected chi connectivity index (χ4v) is 2.38. The van der Waals surface area contributed by atoms with Crippen molar-refractivity contribution in [3.05, 3.63) is 58.6 Å². The Hall–Kier alpha value is -2.14. The van der Waals surface area contributed by atoms with Crippen molar-refractivity contribution in [3.63, 3.8) is 0 Å². The molecule has 1 N–H and O–H groups in total. The van der Waals surface area contributed by atoms with Gasteiger partial charge in [-0.05, 0) is 30.7 Å². The lowest BCUT2D eigenvalue weighted by Gasteiger charge is -2.07. The van der Waals surface area contributed by atoms with Crippen LogP contribution in [0.4, 0.5) is 5.69 Å². The largest absolute Gasteiger partial charge is 0.497 e. The Morgan fingerprint density at radius 1 is 1.09 bits per heavy atom. The maximum atomic E-state index is 12.0. The van der Waals surface area contributed by atoms with E-state index < -0.39 is 0 Å².